The van der Waals surface area contributed by atoms with Crippen molar-refractivity contribution < 1.29 is 9.23 Å². The van der Waals surface area contributed by atoms with Crippen LogP contribution in [0, 0.1) is 0 Å². The minimum absolute atomic E-state index is 0.134. The summed E-state index contributed by atoms with van der Waals surface area (Å²) in [5.41, 5.74) is 0.759. The van der Waals surface area contributed by atoms with Crippen molar-refractivity contribution in [2.75, 3.05) is 12.9 Å². The number of thioether (sulfide) groups is 1. The van der Waals surface area contributed by atoms with E-state index in [1.54, 1.807) is 30.0 Å². The molecule has 0 aliphatic heterocycles. The van der Waals surface area contributed by atoms with Crippen molar-refractivity contribution in [3.05, 3.63) is 55.1 Å². The quantitative estimate of drug-likeness (QED) is 0.259. The van der Waals surface area contributed by atoms with Crippen LogP contribution in [-0.2, 0) is 4.84 Å². The number of oxime groups is 1. The highest BCUT2D eigenvalue weighted by molar-refractivity contribution is 7.98. The average Bonchev–Trinajstić information content (AvgIpc) is 3.06. The lowest BCUT2D eigenvalue weighted by Gasteiger charge is -2.12. The second kappa shape index (κ2) is 7.58. The van der Waals surface area contributed by atoms with Gasteiger partial charge in [-0.1, -0.05) is 29.9 Å². The molecule has 2 rings (SSSR count). The Kier molecular flexibility index (Phi) is 5.51. The van der Waals surface area contributed by atoms with Crippen LogP contribution in [-0.4, -0.2) is 33.3 Å². The maximum Gasteiger partial charge on any atom is 0.239 e. The van der Waals surface area contributed by atoms with Crippen LogP contribution in [0.5, 0.6) is 0 Å². The van der Waals surface area contributed by atoms with Gasteiger partial charge in [-0.25, -0.2) is 14.1 Å². The molecule has 0 bridgehead atoms. The van der Waals surface area contributed by atoms with E-state index in [2.05, 4.69) is 21.8 Å². The third-order valence-corrected chi connectivity index (χ3v) is 3.38. The van der Waals surface area contributed by atoms with E-state index in [1.165, 1.54) is 12.7 Å². The molecule has 0 saturated carbocycles. The lowest BCUT2D eigenvalue weighted by molar-refractivity contribution is 0.168. The first-order valence-corrected chi connectivity index (χ1v) is 7.42. The standard InChI is InChI=1S/C14H15FN4OS/c1-3-8-20-18-13(14(15)19-10-16-9-17-19)11-4-6-12(21-2)7-5-11/h3-7,9-10,14H,1,8H2,2H3. The van der Waals surface area contributed by atoms with Gasteiger partial charge in [0.05, 0.1) is 0 Å². The van der Waals surface area contributed by atoms with Gasteiger partial charge in [0.15, 0.2) is 0 Å². The molecular weight excluding hydrogens is 291 g/mol. The van der Waals surface area contributed by atoms with Gasteiger partial charge in [-0.15, -0.1) is 11.8 Å². The van der Waals surface area contributed by atoms with Gasteiger partial charge < -0.3 is 4.84 Å². The number of nitrogens with zero attached hydrogens (tertiary/aromatic N) is 4. The molecule has 0 amide bonds. The van der Waals surface area contributed by atoms with E-state index in [0.717, 1.165) is 9.58 Å². The average molecular weight is 306 g/mol. The normalized spacial score (nSPS) is 13.0. The van der Waals surface area contributed by atoms with Crippen molar-refractivity contribution in [2.45, 2.75) is 11.2 Å². The van der Waals surface area contributed by atoms with E-state index >= 15 is 0 Å². The first-order chi connectivity index (χ1) is 10.3. The molecule has 110 valence electrons. The molecule has 1 aromatic heterocycles. The third-order valence-electron chi connectivity index (χ3n) is 2.64. The molecular formula is C14H15FN4OS. The number of hydrogen-bond donors (Lipinski definition) is 0. The van der Waals surface area contributed by atoms with Gasteiger partial charge in [0.25, 0.3) is 0 Å². The highest BCUT2D eigenvalue weighted by Gasteiger charge is 2.20. The predicted molar refractivity (Wildman–Crippen MR) is 81.1 cm³/mol. The van der Waals surface area contributed by atoms with E-state index in [9.17, 15) is 4.39 Å². The molecule has 0 spiro atoms. The lowest BCUT2D eigenvalue weighted by Crippen LogP contribution is -2.17. The Hall–Kier alpha value is -2.15. The summed E-state index contributed by atoms with van der Waals surface area (Å²) >= 11 is 1.61. The van der Waals surface area contributed by atoms with Gasteiger partial charge in [0.2, 0.25) is 6.30 Å². The Bertz CT molecular complexity index is 598. The molecule has 1 aromatic carbocycles. The molecule has 0 fully saturated rings. The van der Waals surface area contributed by atoms with Crippen LogP contribution in [0.2, 0.25) is 0 Å². The lowest BCUT2D eigenvalue weighted by atomic mass is 10.1. The van der Waals surface area contributed by atoms with Gasteiger partial charge in [-0.05, 0) is 18.4 Å². The summed E-state index contributed by atoms with van der Waals surface area (Å²) in [7, 11) is 0. The highest BCUT2D eigenvalue weighted by atomic mass is 32.2. The first-order valence-electron chi connectivity index (χ1n) is 6.19. The SMILES string of the molecule is C=CCON=C(c1ccc(SC)cc1)C(F)n1cncn1. The van der Waals surface area contributed by atoms with Crippen molar-refractivity contribution in [1.82, 2.24) is 14.8 Å². The van der Waals surface area contributed by atoms with Crippen LogP contribution in [0.25, 0.3) is 0 Å². The van der Waals surface area contributed by atoms with Gasteiger partial charge in [0.1, 0.15) is 25.0 Å². The van der Waals surface area contributed by atoms with Gasteiger partial charge in [0, 0.05) is 10.5 Å². The molecule has 1 atom stereocenters. The molecule has 0 saturated heterocycles. The zero-order valence-corrected chi connectivity index (χ0v) is 12.3. The number of hydrogen-bond acceptors (Lipinski definition) is 5. The van der Waals surface area contributed by atoms with Crippen LogP contribution in [0.15, 0.2) is 59.6 Å². The number of aromatic nitrogens is 3. The summed E-state index contributed by atoms with van der Waals surface area (Å²) in [6.07, 6.45) is 4.51. The van der Waals surface area contributed by atoms with E-state index in [1.807, 2.05) is 18.4 Å². The van der Waals surface area contributed by atoms with Gasteiger partial charge >= 0.3 is 0 Å². The summed E-state index contributed by atoms with van der Waals surface area (Å²) < 4.78 is 15.6. The second-order valence-electron chi connectivity index (χ2n) is 4.00. The fourth-order valence-corrected chi connectivity index (χ4v) is 2.02. The van der Waals surface area contributed by atoms with E-state index < -0.39 is 6.30 Å². The highest BCUT2D eigenvalue weighted by Crippen LogP contribution is 2.20. The molecule has 0 N–H and O–H groups in total. The van der Waals surface area contributed by atoms with Gasteiger partial charge in [-0.2, -0.15) is 5.10 Å². The minimum Gasteiger partial charge on any atom is -0.391 e. The first kappa shape index (κ1) is 15.2. The zero-order chi connectivity index (χ0) is 15.1. The minimum atomic E-state index is -1.57. The second-order valence-corrected chi connectivity index (χ2v) is 4.88. The number of halogens is 1. The molecule has 7 heteroatoms. The molecule has 2 aromatic rings. The monoisotopic (exact) mass is 306 g/mol. The zero-order valence-electron chi connectivity index (χ0n) is 11.5. The molecule has 1 unspecified atom stereocenters. The Labute approximate surface area is 126 Å². The maximum absolute atomic E-state index is 14.5. The van der Waals surface area contributed by atoms with E-state index in [0.29, 0.717) is 5.56 Å². The Balaban J connectivity index is 2.30. The van der Waals surface area contributed by atoms with Crippen molar-refractivity contribution in [3.63, 3.8) is 0 Å². The topological polar surface area (TPSA) is 52.3 Å². The summed E-state index contributed by atoms with van der Waals surface area (Å²) in [6.45, 7) is 3.73. The predicted octanol–water partition coefficient (Wildman–Crippen LogP) is 3.08. The number of rotatable bonds is 7. The van der Waals surface area contributed by atoms with Crippen LogP contribution >= 0.6 is 11.8 Å². The van der Waals surface area contributed by atoms with E-state index in [-0.39, 0.29) is 12.3 Å². The van der Waals surface area contributed by atoms with Gasteiger partial charge in [-0.3, -0.25) is 0 Å². The molecule has 0 aliphatic rings. The summed E-state index contributed by atoms with van der Waals surface area (Å²) in [5, 5.41) is 7.66. The van der Waals surface area contributed by atoms with Crippen molar-refractivity contribution >= 4 is 17.5 Å². The number of alkyl halides is 1. The fourth-order valence-electron chi connectivity index (χ4n) is 1.61. The molecule has 21 heavy (non-hydrogen) atoms. The summed E-state index contributed by atoms with van der Waals surface area (Å²) in [5.74, 6) is 0. The van der Waals surface area contributed by atoms with Crippen molar-refractivity contribution in [1.29, 1.82) is 0 Å². The molecule has 5 nitrogen and oxygen atoms in total. The number of benzene rings is 1. The Morgan fingerprint density at radius 2 is 2.29 bits per heavy atom. The van der Waals surface area contributed by atoms with E-state index in [4.69, 9.17) is 4.84 Å². The fraction of sp³-hybridized carbons (Fsp3) is 0.214. The molecule has 1 heterocycles. The maximum atomic E-state index is 14.5. The van der Waals surface area contributed by atoms with Crippen molar-refractivity contribution in [2.24, 2.45) is 5.16 Å². The van der Waals surface area contributed by atoms with Crippen molar-refractivity contribution in [3.8, 4) is 0 Å². The largest absolute Gasteiger partial charge is 0.391 e. The molecule has 0 radical (unpaired) electrons. The summed E-state index contributed by atoms with van der Waals surface area (Å²) in [6, 6.07) is 7.39. The Morgan fingerprint density at radius 1 is 1.52 bits per heavy atom. The van der Waals surface area contributed by atoms with Crippen LogP contribution in [0.1, 0.15) is 11.9 Å². The van der Waals surface area contributed by atoms with Crippen LogP contribution in [0.4, 0.5) is 4.39 Å². The molecule has 0 aliphatic carbocycles. The smallest absolute Gasteiger partial charge is 0.239 e. The van der Waals surface area contributed by atoms with Crippen LogP contribution < -0.4 is 0 Å². The summed E-state index contributed by atoms with van der Waals surface area (Å²) in [4.78, 5) is 9.86. The third kappa shape index (κ3) is 3.91. The van der Waals surface area contributed by atoms with Crippen LogP contribution in [0.3, 0.4) is 0 Å². The Morgan fingerprint density at radius 3 is 2.86 bits per heavy atom.